The molecule has 0 spiro atoms. The van der Waals surface area contributed by atoms with E-state index >= 15 is 0 Å². The van der Waals surface area contributed by atoms with E-state index in [1.165, 1.54) is 6.21 Å². The highest BCUT2D eigenvalue weighted by Crippen LogP contribution is 2.35. The summed E-state index contributed by atoms with van der Waals surface area (Å²) in [5.74, 6) is 1.18. The molecule has 2 amide bonds. The predicted octanol–water partition coefficient (Wildman–Crippen LogP) is 6.84. The minimum absolute atomic E-state index is 0.0119. The van der Waals surface area contributed by atoms with Gasteiger partial charge in [-0.1, -0.05) is 29.3 Å². The molecule has 0 atom stereocenters. The maximum atomic E-state index is 12.2. The summed E-state index contributed by atoms with van der Waals surface area (Å²) in [5, 5.41) is 7.84. The molecule has 3 aromatic carbocycles. The highest BCUT2D eigenvalue weighted by atomic mass is 127. The lowest BCUT2D eigenvalue weighted by molar-refractivity contribution is -0.124. The third-order valence-corrected chi connectivity index (χ3v) is 6.54. The predicted molar refractivity (Wildman–Crippen MR) is 162 cm³/mol. The summed E-state index contributed by atoms with van der Waals surface area (Å²) < 4.78 is 18.0. The van der Waals surface area contributed by atoms with E-state index in [0.717, 1.165) is 14.9 Å². The summed E-state index contributed by atoms with van der Waals surface area (Å²) in [6.45, 7) is 5.01. The maximum absolute atomic E-state index is 12.2. The van der Waals surface area contributed by atoms with Crippen molar-refractivity contribution in [2.75, 3.05) is 18.5 Å². The maximum Gasteiger partial charge on any atom is 0.240 e. The first-order valence-corrected chi connectivity index (χ1v) is 14.0. The Balaban J connectivity index is 1.53. The molecule has 0 aromatic heterocycles. The Morgan fingerprint density at radius 3 is 2.33 bits per heavy atom. The smallest absolute Gasteiger partial charge is 0.240 e. The summed E-state index contributed by atoms with van der Waals surface area (Å²) in [4.78, 5) is 24.3. The van der Waals surface area contributed by atoms with E-state index in [9.17, 15) is 9.59 Å². The first-order chi connectivity index (χ1) is 18.8. The van der Waals surface area contributed by atoms with E-state index in [0.29, 0.717) is 46.0 Å². The van der Waals surface area contributed by atoms with Crippen molar-refractivity contribution in [3.63, 3.8) is 0 Å². The van der Waals surface area contributed by atoms with Crippen molar-refractivity contribution in [3.8, 4) is 17.2 Å². The van der Waals surface area contributed by atoms with E-state index in [1.807, 2.05) is 26.0 Å². The molecular formula is C28H28Cl2IN3O5. The van der Waals surface area contributed by atoms with Crippen LogP contribution >= 0.6 is 45.8 Å². The third-order valence-electron chi connectivity index (χ3n) is 5.15. The van der Waals surface area contributed by atoms with Gasteiger partial charge >= 0.3 is 0 Å². The van der Waals surface area contributed by atoms with Crippen LogP contribution in [0.25, 0.3) is 0 Å². The Bertz CT molecular complexity index is 1320. The molecule has 206 valence electrons. The van der Waals surface area contributed by atoms with Gasteiger partial charge in [-0.05, 0) is 90.5 Å². The lowest BCUT2D eigenvalue weighted by atomic mass is 10.2. The van der Waals surface area contributed by atoms with Crippen molar-refractivity contribution in [1.29, 1.82) is 0 Å². The van der Waals surface area contributed by atoms with Gasteiger partial charge in [0.05, 0.1) is 23.0 Å². The summed E-state index contributed by atoms with van der Waals surface area (Å²) >= 11 is 14.4. The molecule has 0 radical (unpaired) electrons. The fourth-order valence-electron chi connectivity index (χ4n) is 3.34. The number of carbonyl (C=O) groups excluding carboxylic acids is 2. The fourth-order valence-corrected chi connectivity index (χ4v) is 4.58. The number of carbonyl (C=O) groups is 2. The number of nitrogens with zero attached hydrogens (tertiary/aromatic N) is 1. The van der Waals surface area contributed by atoms with Gasteiger partial charge in [-0.25, -0.2) is 5.43 Å². The van der Waals surface area contributed by atoms with Crippen LogP contribution in [-0.2, 0) is 16.2 Å². The van der Waals surface area contributed by atoms with Gasteiger partial charge in [0, 0.05) is 34.1 Å². The van der Waals surface area contributed by atoms with E-state index in [-0.39, 0.29) is 31.3 Å². The standard InChI is InChI=1S/C28H28Cl2IN3O5/c1-3-37-22-9-7-21(8-10-22)33-26(35)11-12-27(36)34-32-16-18-13-24(31)28(25(14-18)38-4-2)39-17-19-5-6-20(29)15-23(19)30/h5-10,13-16H,3-4,11-12,17H2,1-2H3,(H,33,35)(H,34,36). The van der Waals surface area contributed by atoms with Crippen LogP contribution in [0.1, 0.15) is 37.8 Å². The fraction of sp³-hybridized carbons (Fsp3) is 0.250. The molecule has 0 aliphatic carbocycles. The number of halogens is 3. The lowest BCUT2D eigenvalue weighted by Crippen LogP contribution is -2.20. The summed E-state index contributed by atoms with van der Waals surface area (Å²) in [6, 6.07) is 15.9. The van der Waals surface area contributed by atoms with E-state index < -0.39 is 0 Å². The molecule has 0 aliphatic heterocycles. The van der Waals surface area contributed by atoms with Crippen LogP contribution in [0.5, 0.6) is 17.2 Å². The van der Waals surface area contributed by atoms with E-state index in [1.54, 1.807) is 42.5 Å². The topological polar surface area (TPSA) is 98.2 Å². The number of amides is 2. The van der Waals surface area contributed by atoms with Crippen LogP contribution in [0.2, 0.25) is 10.0 Å². The van der Waals surface area contributed by atoms with Crippen LogP contribution in [-0.4, -0.2) is 31.2 Å². The molecule has 3 rings (SSSR count). The number of benzene rings is 3. The molecule has 0 saturated heterocycles. The Morgan fingerprint density at radius 2 is 1.64 bits per heavy atom. The average Bonchev–Trinajstić information content (AvgIpc) is 2.89. The van der Waals surface area contributed by atoms with E-state index in [4.69, 9.17) is 37.4 Å². The molecule has 8 nitrogen and oxygen atoms in total. The van der Waals surface area contributed by atoms with Crippen LogP contribution < -0.4 is 25.0 Å². The number of hydrogen-bond acceptors (Lipinski definition) is 6. The summed E-state index contributed by atoms with van der Waals surface area (Å²) in [5.41, 5.74) is 4.57. The van der Waals surface area contributed by atoms with Crippen LogP contribution in [0.3, 0.4) is 0 Å². The largest absolute Gasteiger partial charge is 0.494 e. The number of nitrogens with one attached hydrogen (secondary N) is 2. The Hall–Kier alpha value is -3.02. The second-order valence-electron chi connectivity index (χ2n) is 8.09. The number of hydrazone groups is 1. The number of ether oxygens (including phenoxy) is 3. The van der Waals surface area contributed by atoms with Crippen molar-refractivity contribution >= 4 is 69.5 Å². The minimum Gasteiger partial charge on any atom is -0.494 e. The molecule has 39 heavy (non-hydrogen) atoms. The van der Waals surface area contributed by atoms with E-state index in [2.05, 4.69) is 38.4 Å². The number of rotatable bonds is 13. The summed E-state index contributed by atoms with van der Waals surface area (Å²) in [6.07, 6.45) is 1.51. The summed E-state index contributed by atoms with van der Waals surface area (Å²) in [7, 11) is 0. The van der Waals surface area contributed by atoms with Crippen LogP contribution in [0, 0.1) is 3.57 Å². The molecule has 0 saturated carbocycles. The quantitative estimate of drug-likeness (QED) is 0.117. The Morgan fingerprint density at radius 1 is 0.923 bits per heavy atom. The molecule has 2 N–H and O–H groups in total. The van der Waals surface area contributed by atoms with Crippen molar-refractivity contribution in [1.82, 2.24) is 5.43 Å². The number of hydrogen-bond donors (Lipinski definition) is 2. The van der Waals surface area contributed by atoms with Gasteiger partial charge in [0.2, 0.25) is 11.8 Å². The molecule has 0 unspecified atom stereocenters. The second kappa shape index (κ2) is 15.5. The Kier molecular flexibility index (Phi) is 12.2. The van der Waals surface area contributed by atoms with Gasteiger partial charge in [-0.15, -0.1) is 0 Å². The molecule has 11 heteroatoms. The highest BCUT2D eigenvalue weighted by molar-refractivity contribution is 14.1. The SMILES string of the molecule is CCOc1ccc(NC(=O)CCC(=O)NN=Cc2cc(I)c(OCc3ccc(Cl)cc3Cl)c(OCC)c2)cc1. The van der Waals surface area contributed by atoms with Crippen molar-refractivity contribution in [2.45, 2.75) is 33.3 Å². The normalized spacial score (nSPS) is 10.8. The van der Waals surface area contributed by atoms with Crippen LogP contribution in [0.15, 0.2) is 59.7 Å². The van der Waals surface area contributed by atoms with Crippen molar-refractivity contribution in [2.24, 2.45) is 5.10 Å². The zero-order chi connectivity index (χ0) is 28.2. The zero-order valence-corrected chi connectivity index (χ0v) is 25.1. The molecule has 0 bridgehead atoms. The zero-order valence-electron chi connectivity index (χ0n) is 21.4. The minimum atomic E-state index is -0.382. The first-order valence-electron chi connectivity index (χ1n) is 12.2. The highest BCUT2D eigenvalue weighted by Gasteiger charge is 2.13. The first kappa shape index (κ1) is 30.5. The Labute approximate surface area is 251 Å². The van der Waals surface area contributed by atoms with Crippen molar-refractivity contribution in [3.05, 3.63) is 79.3 Å². The number of anilines is 1. The molecule has 0 heterocycles. The van der Waals surface area contributed by atoms with Gasteiger partial charge in [0.25, 0.3) is 0 Å². The van der Waals surface area contributed by atoms with Gasteiger partial charge in [0.1, 0.15) is 12.4 Å². The molecule has 0 aliphatic rings. The van der Waals surface area contributed by atoms with Gasteiger partial charge in [-0.2, -0.15) is 5.10 Å². The molecule has 3 aromatic rings. The molecule has 0 fully saturated rings. The monoisotopic (exact) mass is 683 g/mol. The van der Waals surface area contributed by atoms with Crippen LogP contribution in [0.4, 0.5) is 5.69 Å². The second-order valence-corrected chi connectivity index (χ2v) is 10.1. The third kappa shape index (κ3) is 9.90. The van der Waals surface area contributed by atoms with Gasteiger partial charge in [-0.3, -0.25) is 9.59 Å². The van der Waals surface area contributed by atoms with Crippen molar-refractivity contribution < 1.29 is 23.8 Å². The van der Waals surface area contributed by atoms with Gasteiger partial charge < -0.3 is 19.5 Å². The average molecular weight is 684 g/mol. The lowest BCUT2D eigenvalue weighted by Gasteiger charge is -2.15. The van der Waals surface area contributed by atoms with Gasteiger partial charge in [0.15, 0.2) is 11.5 Å². The molecular weight excluding hydrogens is 656 g/mol.